The molecule has 0 aliphatic heterocycles. The minimum atomic E-state index is -1.34. The maximum atomic E-state index is 12.2. The Bertz CT molecular complexity index is 500. The number of hydrogen-bond donors (Lipinski definition) is 0. The summed E-state index contributed by atoms with van der Waals surface area (Å²) in [7, 11) is -1.34. The largest absolute Gasteiger partial charge is 0.230 e. The van der Waals surface area contributed by atoms with Crippen molar-refractivity contribution in [3.63, 3.8) is 0 Å². The van der Waals surface area contributed by atoms with E-state index in [0.29, 0.717) is 0 Å². The number of nitrogens with zero attached hydrogens (tertiary/aromatic N) is 1. The van der Waals surface area contributed by atoms with E-state index < -0.39 is 11.0 Å². The van der Waals surface area contributed by atoms with Crippen molar-refractivity contribution in [2.24, 2.45) is 15.2 Å². The molecule has 0 saturated carbocycles. The van der Waals surface area contributed by atoms with Crippen LogP contribution in [-0.2, 0) is 11.0 Å². The molecule has 0 bridgehead atoms. The van der Waals surface area contributed by atoms with Crippen molar-refractivity contribution in [2.45, 2.75) is 41.5 Å². The quantitative estimate of drug-likeness (QED) is 0.739. The summed E-state index contributed by atoms with van der Waals surface area (Å²) in [5, 5.41) is 1.79. The summed E-state index contributed by atoms with van der Waals surface area (Å²) < 4.78 is 16.3. The minimum Gasteiger partial charge on any atom is -0.230 e. The molecule has 20 heavy (non-hydrogen) atoms. The summed E-state index contributed by atoms with van der Waals surface area (Å²) in [6.07, 6.45) is 1.66. The molecule has 1 atom stereocenters. The molecule has 0 aliphatic carbocycles. The van der Waals surface area contributed by atoms with Crippen molar-refractivity contribution in [3.05, 3.63) is 46.9 Å². The number of allylic oxidation sites excluding steroid dienone is 1. The highest BCUT2D eigenvalue weighted by atomic mass is 32.2. The number of hydrogen-bond acceptors (Lipinski definition) is 1. The molecule has 3 heteroatoms. The Morgan fingerprint density at radius 2 is 1.50 bits per heavy atom. The second-order valence-electron chi connectivity index (χ2n) is 6.95. The predicted octanol–water partition coefficient (Wildman–Crippen LogP) is 4.75. The van der Waals surface area contributed by atoms with E-state index in [9.17, 15) is 4.21 Å². The molecule has 1 aromatic carbocycles. The minimum absolute atomic E-state index is 0.0177. The summed E-state index contributed by atoms with van der Waals surface area (Å²) in [5.41, 5.74) is 2.09. The molecule has 0 radical (unpaired) electrons. The second-order valence-corrected chi connectivity index (χ2v) is 7.95. The van der Waals surface area contributed by atoms with Gasteiger partial charge in [-0.15, -0.1) is 0 Å². The molecule has 110 valence electrons. The normalized spacial score (nSPS) is 14.3. The van der Waals surface area contributed by atoms with E-state index >= 15 is 0 Å². The zero-order valence-electron chi connectivity index (χ0n) is 13.3. The highest BCUT2D eigenvalue weighted by Gasteiger charge is 2.28. The summed E-state index contributed by atoms with van der Waals surface area (Å²) >= 11 is 0. The highest BCUT2D eigenvalue weighted by Crippen LogP contribution is 2.39. The van der Waals surface area contributed by atoms with Crippen molar-refractivity contribution in [1.82, 2.24) is 0 Å². The number of rotatable bonds is 3. The molecule has 0 N–H and O–H groups in total. The van der Waals surface area contributed by atoms with Crippen LogP contribution in [0, 0.1) is 10.8 Å². The average Bonchev–Trinajstić information content (AvgIpc) is 2.32. The van der Waals surface area contributed by atoms with E-state index in [2.05, 4.69) is 45.9 Å². The predicted molar refractivity (Wildman–Crippen MR) is 89.2 cm³/mol. The van der Waals surface area contributed by atoms with Gasteiger partial charge in [0.1, 0.15) is 0 Å². The van der Waals surface area contributed by atoms with Gasteiger partial charge < -0.3 is 0 Å². The molecule has 0 aromatic heterocycles. The van der Waals surface area contributed by atoms with Gasteiger partial charge in [0.2, 0.25) is 0 Å². The van der Waals surface area contributed by atoms with E-state index in [-0.39, 0.29) is 10.8 Å². The second kappa shape index (κ2) is 6.49. The first-order valence-corrected chi connectivity index (χ1v) is 8.00. The first kappa shape index (κ1) is 16.8. The third-order valence-electron chi connectivity index (χ3n) is 2.94. The molecule has 0 amide bonds. The van der Waals surface area contributed by atoms with Crippen molar-refractivity contribution < 1.29 is 4.21 Å². The standard InChI is InChI=1S/C17H25NOS/c1-16(2,3)15(17(4,5)6)13-20(19)18-12-14-10-8-7-9-11-14/h7-13H,1-6H3/t20-/m0/s1. The topological polar surface area (TPSA) is 29.4 Å². The summed E-state index contributed by atoms with van der Waals surface area (Å²) in [5.74, 6) is 0. The molecule has 0 spiro atoms. The van der Waals surface area contributed by atoms with Crippen molar-refractivity contribution in [3.8, 4) is 0 Å². The van der Waals surface area contributed by atoms with Gasteiger partial charge in [0, 0.05) is 11.6 Å². The molecule has 0 heterocycles. The van der Waals surface area contributed by atoms with Gasteiger partial charge in [-0.1, -0.05) is 71.9 Å². The van der Waals surface area contributed by atoms with Crippen LogP contribution in [0.2, 0.25) is 0 Å². The van der Waals surface area contributed by atoms with Gasteiger partial charge in [0.05, 0.1) is 0 Å². The van der Waals surface area contributed by atoms with Crippen LogP contribution in [-0.4, -0.2) is 10.4 Å². The molecule has 1 rings (SSSR count). The lowest BCUT2D eigenvalue weighted by Crippen LogP contribution is -2.22. The lowest BCUT2D eigenvalue weighted by molar-refractivity contribution is 0.363. The van der Waals surface area contributed by atoms with Crippen LogP contribution < -0.4 is 0 Å². The fourth-order valence-corrected chi connectivity index (χ4v) is 3.46. The van der Waals surface area contributed by atoms with Gasteiger partial charge in [0.25, 0.3) is 0 Å². The molecule has 0 aliphatic rings. The molecule has 0 saturated heterocycles. The zero-order chi connectivity index (χ0) is 15.4. The van der Waals surface area contributed by atoms with Gasteiger partial charge in [-0.3, -0.25) is 0 Å². The maximum absolute atomic E-state index is 12.2. The van der Waals surface area contributed by atoms with E-state index in [1.807, 2.05) is 30.3 Å². The van der Waals surface area contributed by atoms with Gasteiger partial charge in [-0.2, -0.15) is 4.40 Å². The SMILES string of the molecule is CC(C)(C)C(=C[S@](=O)N=Cc1ccccc1)C(C)(C)C. The summed E-state index contributed by atoms with van der Waals surface area (Å²) in [6.45, 7) is 12.8. The Labute approximate surface area is 125 Å². The highest BCUT2D eigenvalue weighted by molar-refractivity contribution is 7.86. The lowest BCUT2D eigenvalue weighted by atomic mass is 9.73. The van der Waals surface area contributed by atoms with Crippen LogP contribution >= 0.6 is 0 Å². The molecule has 0 unspecified atom stereocenters. The Kier molecular flexibility index (Phi) is 5.46. The van der Waals surface area contributed by atoms with E-state index in [1.165, 1.54) is 0 Å². The van der Waals surface area contributed by atoms with E-state index in [0.717, 1.165) is 11.1 Å². The average molecular weight is 291 g/mol. The first-order chi connectivity index (χ1) is 9.10. The Hall–Kier alpha value is -1.22. The summed E-state index contributed by atoms with van der Waals surface area (Å²) in [6, 6.07) is 9.72. The van der Waals surface area contributed by atoms with E-state index in [4.69, 9.17) is 0 Å². The fourth-order valence-electron chi connectivity index (χ4n) is 2.26. The molecular weight excluding hydrogens is 266 g/mol. The fraction of sp³-hybridized carbons (Fsp3) is 0.471. The monoisotopic (exact) mass is 291 g/mol. The van der Waals surface area contributed by atoms with Gasteiger partial charge in [-0.25, -0.2) is 4.21 Å². The van der Waals surface area contributed by atoms with Crippen LogP contribution in [0.25, 0.3) is 0 Å². The van der Waals surface area contributed by atoms with Crippen LogP contribution in [0.5, 0.6) is 0 Å². The Morgan fingerprint density at radius 3 is 1.95 bits per heavy atom. The van der Waals surface area contributed by atoms with Gasteiger partial charge >= 0.3 is 0 Å². The lowest BCUT2D eigenvalue weighted by Gasteiger charge is -2.33. The van der Waals surface area contributed by atoms with E-state index in [1.54, 1.807) is 11.6 Å². The van der Waals surface area contributed by atoms with Crippen LogP contribution in [0.3, 0.4) is 0 Å². The van der Waals surface area contributed by atoms with Crippen molar-refractivity contribution in [2.75, 3.05) is 0 Å². The molecule has 2 nitrogen and oxygen atoms in total. The Balaban J connectivity index is 2.96. The third-order valence-corrected chi connectivity index (χ3v) is 3.69. The third kappa shape index (κ3) is 5.41. The zero-order valence-corrected chi connectivity index (χ0v) is 14.1. The van der Waals surface area contributed by atoms with Gasteiger partial charge in [0.15, 0.2) is 11.0 Å². The molecular formula is C17H25NOS. The smallest absolute Gasteiger partial charge is 0.165 e. The number of benzene rings is 1. The summed E-state index contributed by atoms with van der Waals surface area (Å²) in [4.78, 5) is 0. The van der Waals surface area contributed by atoms with Crippen molar-refractivity contribution >= 4 is 17.2 Å². The molecule has 1 aromatic rings. The maximum Gasteiger partial charge on any atom is 0.165 e. The van der Waals surface area contributed by atoms with Crippen LogP contribution in [0.1, 0.15) is 47.1 Å². The first-order valence-electron chi connectivity index (χ1n) is 6.83. The van der Waals surface area contributed by atoms with Crippen LogP contribution in [0.15, 0.2) is 45.7 Å². The van der Waals surface area contributed by atoms with Crippen molar-refractivity contribution in [1.29, 1.82) is 0 Å². The Morgan fingerprint density at radius 1 is 1.00 bits per heavy atom. The van der Waals surface area contributed by atoms with Gasteiger partial charge in [-0.05, 0) is 22.0 Å². The molecule has 0 fully saturated rings. The van der Waals surface area contributed by atoms with Crippen LogP contribution in [0.4, 0.5) is 0 Å².